The first-order valence-electron chi connectivity index (χ1n) is 9.76. The van der Waals surface area contributed by atoms with Crippen LogP contribution in [0.1, 0.15) is 17.2 Å². The summed E-state index contributed by atoms with van der Waals surface area (Å²) in [5.74, 6) is 1.96. The van der Waals surface area contributed by atoms with E-state index in [0.29, 0.717) is 39.9 Å². The third-order valence-corrected chi connectivity index (χ3v) is 4.73. The highest BCUT2D eigenvalue weighted by Gasteiger charge is 2.28. The molecule has 0 aliphatic carbocycles. The standard InChI is InChI=1S/C23H30O9/c1-27-16-9-14(7-6-8-24)10-17(28-2)23(16)32-20(13-25)21(26)15-11-18(29-3)22(31-5)19(12-15)30-4/h6-7,9-12,20-21,24-26H,8,13H2,1-5H3/b7-6-/t20-,21+/m1/s1. The fourth-order valence-electron chi connectivity index (χ4n) is 3.14. The van der Waals surface area contributed by atoms with Gasteiger partial charge in [-0.15, -0.1) is 0 Å². The van der Waals surface area contributed by atoms with Gasteiger partial charge in [0.15, 0.2) is 29.1 Å². The predicted molar refractivity (Wildman–Crippen MR) is 118 cm³/mol. The average molecular weight is 450 g/mol. The van der Waals surface area contributed by atoms with Crippen LogP contribution >= 0.6 is 0 Å². The summed E-state index contributed by atoms with van der Waals surface area (Å²) >= 11 is 0. The van der Waals surface area contributed by atoms with Gasteiger partial charge >= 0.3 is 0 Å². The molecule has 0 fully saturated rings. The maximum absolute atomic E-state index is 11.0. The highest BCUT2D eigenvalue weighted by Crippen LogP contribution is 2.43. The van der Waals surface area contributed by atoms with Crippen LogP contribution < -0.4 is 28.4 Å². The lowest BCUT2D eigenvalue weighted by Crippen LogP contribution is -2.29. The van der Waals surface area contributed by atoms with Gasteiger partial charge in [0.2, 0.25) is 11.5 Å². The van der Waals surface area contributed by atoms with Crippen molar-refractivity contribution in [1.29, 1.82) is 0 Å². The Kier molecular flexibility index (Phi) is 9.45. The van der Waals surface area contributed by atoms with Crippen molar-refractivity contribution in [3.8, 4) is 34.5 Å². The van der Waals surface area contributed by atoms with Gasteiger partial charge in [-0.1, -0.05) is 12.2 Å². The number of methoxy groups -OCH3 is 5. The number of ether oxygens (including phenoxy) is 6. The van der Waals surface area contributed by atoms with E-state index in [4.69, 9.17) is 33.5 Å². The highest BCUT2D eigenvalue weighted by atomic mass is 16.6. The van der Waals surface area contributed by atoms with Crippen LogP contribution in [0.25, 0.3) is 6.08 Å². The molecular formula is C23H30O9. The van der Waals surface area contributed by atoms with E-state index in [9.17, 15) is 10.2 Å². The summed E-state index contributed by atoms with van der Waals surface area (Å²) in [6.45, 7) is -0.618. The van der Waals surface area contributed by atoms with Crippen LogP contribution in [0, 0.1) is 0 Å². The van der Waals surface area contributed by atoms with Gasteiger partial charge in [0, 0.05) is 0 Å². The van der Waals surface area contributed by atoms with Crippen molar-refractivity contribution < 1.29 is 43.7 Å². The molecule has 0 aromatic heterocycles. The number of hydrogen-bond donors (Lipinski definition) is 3. The third kappa shape index (κ3) is 5.56. The molecule has 2 rings (SSSR count). The van der Waals surface area contributed by atoms with Gasteiger partial charge in [-0.25, -0.2) is 0 Å². The Hall–Kier alpha value is -3.14. The van der Waals surface area contributed by atoms with Gasteiger partial charge in [0.1, 0.15) is 6.10 Å². The van der Waals surface area contributed by atoms with Crippen LogP contribution in [0.5, 0.6) is 34.5 Å². The molecule has 0 amide bonds. The van der Waals surface area contributed by atoms with Crippen molar-refractivity contribution >= 4 is 6.08 Å². The Labute approximate surface area is 187 Å². The molecule has 0 saturated heterocycles. The average Bonchev–Trinajstić information content (AvgIpc) is 2.84. The first kappa shape index (κ1) is 25.1. The lowest BCUT2D eigenvalue weighted by Gasteiger charge is -2.26. The van der Waals surface area contributed by atoms with Crippen LogP contribution in [0.2, 0.25) is 0 Å². The second-order valence-corrected chi connectivity index (χ2v) is 6.58. The van der Waals surface area contributed by atoms with Crippen molar-refractivity contribution in [1.82, 2.24) is 0 Å². The minimum atomic E-state index is -1.25. The van der Waals surface area contributed by atoms with Crippen molar-refractivity contribution in [2.45, 2.75) is 12.2 Å². The van der Waals surface area contributed by atoms with E-state index in [2.05, 4.69) is 0 Å². The lowest BCUT2D eigenvalue weighted by atomic mass is 10.0. The van der Waals surface area contributed by atoms with Crippen LogP contribution in [-0.4, -0.2) is 70.2 Å². The SMILES string of the molecule is COc1cc([C@H](O)[C@@H](CO)Oc2c(OC)cc(/C=C\CO)cc2OC)cc(OC)c1OC. The minimum absolute atomic E-state index is 0.115. The zero-order valence-corrected chi connectivity index (χ0v) is 18.8. The van der Waals surface area contributed by atoms with E-state index in [1.165, 1.54) is 35.5 Å². The summed E-state index contributed by atoms with van der Waals surface area (Å²) < 4.78 is 32.8. The molecule has 0 saturated carbocycles. The highest BCUT2D eigenvalue weighted by molar-refractivity contribution is 5.62. The Bertz CT molecular complexity index is 860. The normalized spacial score (nSPS) is 12.9. The molecular weight excluding hydrogens is 420 g/mol. The van der Waals surface area contributed by atoms with Gasteiger partial charge in [-0.2, -0.15) is 0 Å². The van der Waals surface area contributed by atoms with Crippen LogP contribution in [0.4, 0.5) is 0 Å². The van der Waals surface area contributed by atoms with E-state index in [1.807, 2.05) is 0 Å². The Morgan fingerprint density at radius 3 is 1.66 bits per heavy atom. The molecule has 2 aromatic rings. The summed E-state index contributed by atoms with van der Waals surface area (Å²) in [6, 6.07) is 6.53. The van der Waals surface area contributed by atoms with Crippen LogP contribution in [0.15, 0.2) is 30.3 Å². The monoisotopic (exact) mass is 450 g/mol. The summed E-state index contributed by atoms with van der Waals surface area (Å²) in [7, 11) is 7.34. The molecule has 0 spiro atoms. The molecule has 0 heterocycles. The fraction of sp³-hybridized carbons (Fsp3) is 0.391. The van der Waals surface area contributed by atoms with E-state index in [1.54, 1.807) is 36.4 Å². The van der Waals surface area contributed by atoms with E-state index < -0.39 is 18.8 Å². The topological polar surface area (TPSA) is 116 Å². The summed E-state index contributed by atoms with van der Waals surface area (Å²) in [6.07, 6.45) is 0.944. The molecule has 9 heteroatoms. The molecule has 0 aliphatic heterocycles. The largest absolute Gasteiger partial charge is 0.493 e. The zero-order valence-electron chi connectivity index (χ0n) is 18.8. The molecule has 0 aliphatic rings. The van der Waals surface area contributed by atoms with Crippen molar-refractivity contribution in [2.24, 2.45) is 0 Å². The molecule has 0 unspecified atom stereocenters. The van der Waals surface area contributed by atoms with Gasteiger partial charge in [-0.3, -0.25) is 0 Å². The summed E-state index contributed by atoms with van der Waals surface area (Å²) in [5, 5.41) is 30.0. The molecule has 2 atom stereocenters. The van der Waals surface area contributed by atoms with E-state index in [-0.39, 0.29) is 12.4 Å². The molecule has 2 aromatic carbocycles. The van der Waals surface area contributed by atoms with Gasteiger partial charge in [-0.05, 0) is 35.4 Å². The quantitative estimate of drug-likeness (QED) is 0.447. The second kappa shape index (κ2) is 12.0. The molecule has 176 valence electrons. The van der Waals surface area contributed by atoms with Gasteiger partial charge in [0.25, 0.3) is 0 Å². The Morgan fingerprint density at radius 1 is 0.750 bits per heavy atom. The summed E-state index contributed by atoms with van der Waals surface area (Å²) in [5.41, 5.74) is 1.10. The number of rotatable bonds is 12. The Morgan fingerprint density at radius 2 is 1.25 bits per heavy atom. The molecule has 9 nitrogen and oxygen atoms in total. The molecule has 0 bridgehead atoms. The molecule has 3 N–H and O–H groups in total. The number of aliphatic hydroxyl groups excluding tert-OH is 3. The van der Waals surface area contributed by atoms with E-state index in [0.717, 1.165) is 0 Å². The first-order valence-corrected chi connectivity index (χ1v) is 9.76. The maximum Gasteiger partial charge on any atom is 0.204 e. The van der Waals surface area contributed by atoms with Gasteiger partial charge < -0.3 is 43.7 Å². The zero-order chi connectivity index (χ0) is 23.7. The number of hydrogen-bond acceptors (Lipinski definition) is 9. The van der Waals surface area contributed by atoms with E-state index >= 15 is 0 Å². The lowest BCUT2D eigenvalue weighted by molar-refractivity contribution is -0.00184. The van der Waals surface area contributed by atoms with Crippen LogP contribution in [-0.2, 0) is 0 Å². The fourth-order valence-corrected chi connectivity index (χ4v) is 3.14. The smallest absolute Gasteiger partial charge is 0.204 e. The number of benzene rings is 2. The third-order valence-electron chi connectivity index (χ3n) is 4.73. The van der Waals surface area contributed by atoms with Crippen LogP contribution in [0.3, 0.4) is 0 Å². The molecule has 32 heavy (non-hydrogen) atoms. The predicted octanol–water partition coefficient (Wildman–Crippen LogP) is 2.21. The maximum atomic E-state index is 11.0. The van der Waals surface area contributed by atoms with Crippen molar-refractivity contribution in [3.05, 3.63) is 41.5 Å². The van der Waals surface area contributed by atoms with Crippen molar-refractivity contribution in [3.63, 3.8) is 0 Å². The molecule has 0 radical (unpaired) electrons. The van der Waals surface area contributed by atoms with Crippen molar-refractivity contribution in [2.75, 3.05) is 48.8 Å². The summed E-state index contributed by atoms with van der Waals surface area (Å²) in [4.78, 5) is 0. The number of aliphatic hydroxyl groups is 3. The minimum Gasteiger partial charge on any atom is -0.493 e. The second-order valence-electron chi connectivity index (χ2n) is 6.58. The van der Waals surface area contributed by atoms with Gasteiger partial charge in [0.05, 0.1) is 48.8 Å². The first-order chi connectivity index (χ1) is 15.5. The Balaban J connectivity index is 2.44.